The van der Waals surface area contributed by atoms with Gasteiger partial charge in [-0.2, -0.15) is 0 Å². The number of hydrogen-bond donors (Lipinski definition) is 1. The molecule has 3 atom stereocenters. The standard InChI is InChI=1S/C14H29NO3/c1-12-5-6-13(15-2)14(11-12)18-8-4-7-17-10-9-16-3/h12-15H,4-11H2,1-3H3. The van der Waals surface area contributed by atoms with Crippen LogP contribution in [0.25, 0.3) is 0 Å². The van der Waals surface area contributed by atoms with E-state index >= 15 is 0 Å². The number of likely N-dealkylation sites (N-methyl/N-ethyl adjacent to an activating group) is 1. The van der Waals surface area contributed by atoms with Crippen LogP contribution >= 0.6 is 0 Å². The van der Waals surface area contributed by atoms with Gasteiger partial charge >= 0.3 is 0 Å². The van der Waals surface area contributed by atoms with E-state index in [2.05, 4.69) is 12.2 Å². The first-order chi connectivity index (χ1) is 8.77. The van der Waals surface area contributed by atoms with Crippen molar-refractivity contribution in [1.82, 2.24) is 5.32 Å². The van der Waals surface area contributed by atoms with Crippen LogP contribution in [0.5, 0.6) is 0 Å². The van der Waals surface area contributed by atoms with Gasteiger partial charge in [0.15, 0.2) is 0 Å². The monoisotopic (exact) mass is 259 g/mol. The fourth-order valence-corrected chi connectivity index (χ4v) is 2.48. The molecule has 1 saturated carbocycles. The molecular weight excluding hydrogens is 230 g/mol. The van der Waals surface area contributed by atoms with Crippen LogP contribution in [0.4, 0.5) is 0 Å². The summed E-state index contributed by atoms with van der Waals surface area (Å²) in [6.45, 7) is 5.22. The second kappa shape index (κ2) is 9.73. The van der Waals surface area contributed by atoms with Gasteiger partial charge in [-0.3, -0.25) is 0 Å². The van der Waals surface area contributed by atoms with Gasteiger partial charge in [0.2, 0.25) is 0 Å². The minimum Gasteiger partial charge on any atom is -0.382 e. The maximum Gasteiger partial charge on any atom is 0.0730 e. The Bertz CT molecular complexity index is 201. The van der Waals surface area contributed by atoms with Crippen LogP contribution < -0.4 is 5.32 Å². The van der Waals surface area contributed by atoms with Gasteiger partial charge in [0, 0.05) is 26.4 Å². The second-order valence-corrected chi connectivity index (χ2v) is 5.18. The molecule has 0 saturated heterocycles. The highest BCUT2D eigenvalue weighted by atomic mass is 16.5. The van der Waals surface area contributed by atoms with E-state index < -0.39 is 0 Å². The smallest absolute Gasteiger partial charge is 0.0730 e. The van der Waals surface area contributed by atoms with Crippen LogP contribution in [0.1, 0.15) is 32.6 Å². The molecule has 4 nitrogen and oxygen atoms in total. The van der Waals surface area contributed by atoms with Gasteiger partial charge in [-0.05, 0) is 38.6 Å². The predicted octanol–water partition coefficient (Wildman–Crippen LogP) is 1.83. The molecule has 3 unspecified atom stereocenters. The van der Waals surface area contributed by atoms with Crippen molar-refractivity contribution in [2.24, 2.45) is 5.92 Å². The fourth-order valence-electron chi connectivity index (χ4n) is 2.48. The molecule has 0 radical (unpaired) electrons. The second-order valence-electron chi connectivity index (χ2n) is 5.18. The van der Waals surface area contributed by atoms with Crippen molar-refractivity contribution >= 4 is 0 Å². The van der Waals surface area contributed by atoms with Crippen molar-refractivity contribution in [2.75, 3.05) is 40.6 Å². The highest BCUT2D eigenvalue weighted by Crippen LogP contribution is 2.26. The molecule has 0 bridgehead atoms. The molecule has 108 valence electrons. The SMILES string of the molecule is CNC1CCC(C)CC1OCCCOCCOC. The summed E-state index contributed by atoms with van der Waals surface area (Å²) < 4.78 is 16.3. The summed E-state index contributed by atoms with van der Waals surface area (Å²) in [4.78, 5) is 0. The Morgan fingerprint density at radius 3 is 2.67 bits per heavy atom. The van der Waals surface area contributed by atoms with Crippen molar-refractivity contribution in [3.8, 4) is 0 Å². The molecule has 0 heterocycles. The maximum atomic E-state index is 5.99. The van der Waals surface area contributed by atoms with Crippen LogP contribution in [0.3, 0.4) is 0 Å². The average molecular weight is 259 g/mol. The molecule has 1 aliphatic carbocycles. The zero-order valence-electron chi connectivity index (χ0n) is 12.1. The average Bonchev–Trinajstić information content (AvgIpc) is 2.38. The summed E-state index contributed by atoms with van der Waals surface area (Å²) in [5.74, 6) is 0.789. The summed E-state index contributed by atoms with van der Waals surface area (Å²) in [5.41, 5.74) is 0. The lowest BCUT2D eigenvalue weighted by atomic mass is 9.85. The van der Waals surface area contributed by atoms with Gasteiger partial charge in [0.05, 0.1) is 19.3 Å². The third kappa shape index (κ3) is 6.14. The summed E-state index contributed by atoms with van der Waals surface area (Å²) in [5, 5.41) is 3.37. The molecule has 1 fully saturated rings. The lowest BCUT2D eigenvalue weighted by molar-refractivity contribution is -0.0172. The molecule has 4 heteroatoms. The largest absolute Gasteiger partial charge is 0.382 e. The summed E-state index contributed by atoms with van der Waals surface area (Å²) in [6.07, 6.45) is 5.05. The Balaban J connectivity index is 2.05. The molecule has 0 aromatic rings. The van der Waals surface area contributed by atoms with E-state index in [0.717, 1.165) is 25.6 Å². The van der Waals surface area contributed by atoms with Crippen LogP contribution in [-0.2, 0) is 14.2 Å². The molecule has 1 aliphatic rings. The lowest BCUT2D eigenvalue weighted by Crippen LogP contribution is -2.43. The van der Waals surface area contributed by atoms with Gasteiger partial charge in [0.1, 0.15) is 0 Å². The van der Waals surface area contributed by atoms with Crippen LogP contribution in [-0.4, -0.2) is 52.7 Å². The zero-order chi connectivity index (χ0) is 13.2. The van der Waals surface area contributed by atoms with Crippen LogP contribution in [0.2, 0.25) is 0 Å². The van der Waals surface area contributed by atoms with E-state index in [1.54, 1.807) is 7.11 Å². The first-order valence-electron chi connectivity index (χ1n) is 7.13. The number of methoxy groups -OCH3 is 1. The van der Waals surface area contributed by atoms with E-state index in [-0.39, 0.29) is 0 Å². The van der Waals surface area contributed by atoms with E-state index in [4.69, 9.17) is 14.2 Å². The maximum absolute atomic E-state index is 5.99. The van der Waals surface area contributed by atoms with Crippen LogP contribution in [0.15, 0.2) is 0 Å². The van der Waals surface area contributed by atoms with Gasteiger partial charge in [-0.15, -0.1) is 0 Å². The third-order valence-electron chi connectivity index (χ3n) is 3.62. The first kappa shape index (κ1) is 15.9. The van der Waals surface area contributed by atoms with Crippen molar-refractivity contribution in [3.05, 3.63) is 0 Å². The number of ether oxygens (including phenoxy) is 3. The molecule has 18 heavy (non-hydrogen) atoms. The topological polar surface area (TPSA) is 39.7 Å². The molecule has 0 spiro atoms. The number of nitrogens with one attached hydrogen (secondary N) is 1. The number of hydrogen-bond acceptors (Lipinski definition) is 4. The molecule has 1 rings (SSSR count). The molecule has 0 aromatic carbocycles. The predicted molar refractivity (Wildman–Crippen MR) is 72.9 cm³/mol. The Morgan fingerprint density at radius 2 is 1.94 bits per heavy atom. The third-order valence-corrected chi connectivity index (χ3v) is 3.62. The van der Waals surface area contributed by atoms with Gasteiger partial charge < -0.3 is 19.5 Å². The Morgan fingerprint density at radius 1 is 1.11 bits per heavy atom. The molecule has 0 aromatic heterocycles. The van der Waals surface area contributed by atoms with Crippen molar-refractivity contribution in [1.29, 1.82) is 0 Å². The quantitative estimate of drug-likeness (QED) is 0.641. The van der Waals surface area contributed by atoms with E-state index in [0.29, 0.717) is 25.4 Å². The number of rotatable bonds is 9. The molecule has 1 N–H and O–H groups in total. The highest BCUT2D eigenvalue weighted by Gasteiger charge is 2.27. The van der Waals surface area contributed by atoms with Gasteiger partial charge in [0.25, 0.3) is 0 Å². The van der Waals surface area contributed by atoms with Crippen molar-refractivity contribution in [2.45, 2.75) is 44.8 Å². The summed E-state index contributed by atoms with van der Waals surface area (Å²) >= 11 is 0. The first-order valence-corrected chi connectivity index (χ1v) is 7.13. The summed E-state index contributed by atoms with van der Waals surface area (Å²) in [7, 11) is 3.72. The minimum atomic E-state index is 0.373. The van der Waals surface area contributed by atoms with E-state index in [9.17, 15) is 0 Å². The Kier molecular flexibility index (Phi) is 8.59. The van der Waals surface area contributed by atoms with Gasteiger partial charge in [-0.1, -0.05) is 6.92 Å². The Labute approximate surface area is 111 Å². The molecule has 0 aliphatic heterocycles. The normalized spacial score (nSPS) is 28.5. The van der Waals surface area contributed by atoms with Crippen LogP contribution in [0, 0.1) is 5.92 Å². The summed E-state index contributed by atoms with van der Waals surface area (Å²) in [6, 6.07) is 0.524. The van der Waals surface area contributed by atoms with Crippen molar-refractivity contribution < 1.29 is 14.2 Å². The van der Waals surface area contributed by atoms with E-state index in [1.807, 2.05) is 7.05 Å². The highest BCUT2D eigenvalue weighted by molar-refractivity contribution is 4.83. The molecular formula is C14H29NO3. The Hall–Kier alpha value is -0.160. The molecule has 0 amide bonds. The fraction of sp³-hybridized carbons (Fsp3) is 1.00. The lowest BCUT2D eigenvalue weighted by Gasteiger charge is -2.34. The minimum absolute atomic E-state index is 0.373. The zero-order valence-corrected chi connectivity index (χ0v) is 12.1. The van der Waals surface area contributed by atoms with Crippen molar-refractivity contribution in [3.63, 3.8) is 0 Å². The van der Waals surface area contributed by atoms with Gasteiger partial charge in [-0.25, -0.2) is 0 Å². The van der Waals surface area contributed by atoms with E-state index in [1.165, 1.54) is 19.3 Å².